The van der Waals surface area contributed by atoms with Crippen molar-refractivity contribution in [1.29, 1.82) is 0 Å². The lowest BCUT2D eigenvalue weighted by Crippen LogP contribution is -2.13. The Hall–Kier alpha value is -1.38. The Balaban J connectivity index is 2.03. The van der Waals surface area contributed by atoms with Crippen LogP contribution in [0.2, 0.25) is 0 Å². The van der Waals surface area contributed by atoms with E-state index in [2.05, 4.69) is 0 Å². The van der Waals surface area contributed by atoms with Crippen LogP contribution in [0.25, 0.3) is 0 Å². The van der Waals surface area contributed by atoms with Crippen molar-refractivity contribution in [3.8, 4) is 5.75 Å². The summed E-state index contributed by atoms with van der Waals surface area (Å²) in [5.41, 5.74) is 0.736. The van der Waals surface area contributed by atoms with Gasteiger partial charge in [-0.05, 0) is 30.5 Å². The molecule has 0 unspecified atom stereocenters. The van der Waals surface area contributed by atoms with Crippen LogP contribution in [-0.4, -0.2) is 12.9 Å². The van der Waals surface area contributed by atoms with Crippen molar-refractivity contribution in [2.75, 3.05) is 7.11 Å². The van der Waals surface area contributed by atoms with Crippen LogP contribution in [-0.2, 0) is 11.2 Å². The highest BCUT2D eigenvalue weighted by Crippen LogP contribution is 2.27. The van der Waals surface area contributed by atoms with Gasteiger partial charge in [0.15, 0.2) is 11.6 Å². The van der Waals surface area contributed by atoms with Crippen LogP contribution in [0.3, 0.4) is 0 Å². The summed E-state index contributed by atoms with van der Waals surface area (Å²) in [6, 6.07) is 4.73. The van der Waals surface area contributed by atoms with Crippen LogP contribution in [0.4, 0.5) is 4.39 Å². The van der Waals surface area contributed by atoms with Gasteiger partial charge < -0.3 is 4.74 Å². The smallest absolute Gasteiger partial charge is 0.165 e. The predicted octanol–water partition coefficient (Wildman–Crippen LogP) is 3.14. The Labute approximate surface area is 101 Å². The fraction of sp³-hybridized carbons (Fsp3) is 0.500. The van der Waals surface area contributed by atoms with Gasteiger partial charge in [0, 0.05) is 12.3 Å². The number of ether oxygens (including phenoxy) is 1. The van der Waals surface area contributed by atoms with Crippen molar-refractivity contribution in [3.63, 3.8) is 0 Å². The molecule has 0 aliphatic heterocycles. The lowest BCUT2D eigenvalue weighted by molar-refractivity contribution is -0.122. The van der Waals surface area contributed by atoms with Crippen LogP contribution in [0.15, 0.2) is 18.2 Å². The maximum atomic E-state index is 13.4. The molecule has 92 valence electrons. The van der Waals surface area contributed by atoms with Crippen molar-refractivity contribution >= 4 is 5.78 Å². The number of methoxy groups -OCH3 is 1. The van der Waals surface area contributed by atoms with Gasteiger partial charge in [0.05, 0.1) is 7.11 Å². The summed E-state index contributed by atoms with van der Waals surface area (Å²) in [6.45, 7) is 0. The van der Waals surface area contributed by atoms with E-state index in [1.165, 1.54) is 13.2 Å². The molecular weight excluding hydrogens is 219 g/mol. The Morgan fingerprint density at radius 1 is 1.41 bits per heavy atom. The van der Waals surface area contributed by atoms with Gasteiger partial charge in [-0.3, -0.25) is 4.79 Å². The van der Waals surface area contributed by atoms with E-state index in [1.54, 1.807) is 12.1 Å². The molecule has 3 heteroatoms. The fourth-order valence-corrected chi connectivity index (χ4v) is 2.41. The second-order valence-electron chi connectivity index (χ2n) is 4.59. The van der Waals surface area contributed by atoms with E-state index in [0.717, 1.165) is 31.2 Å². The zero-order chi connectivity index (χ0) is 12.3. The van der Waals surface area contributed by atoms with Crippen LogP contribution >= 0.6 is 0 Å². The van der Waals surface area contributed by atoms with Gasteiger partial charge in [0.1, 0.15) is 5.78 Å². The van der Waals surface area contributed by atoms with Gasteiger partial charge in [-0.2, -0.15) is 0 Å². The summed E-state index contributed by atoms with van der Waals surface area (Å²) in [7, 11) is 1.43. The van der Waals surface area contributed by atoms with Crippen molar-refractivity contribution in [2.45, 2.75) is 32.1 Å². The standard InChI is InChI=1S/C14H17FO2/c1-17-14-7-6-10(8-12(14)15)9-13(16)11-4-2-3-5-11/h6-8,11H,2-5,9H2,1H3. The Bertz CT molecular complexity index is 409. The number of halogens is 1. The number of ketones is 1. The highest BCUT2D eigenvalue weighted by molar-refractivity contribution is 5.83. The largest absolute Gasteiger partial charge is 0.494 e. The number of Topliss-reactive ketones (excluding diaryl/α,β-unsaturated/α-hetero) is 1. The van der Waals surface area contributed by atoms with Gasteiger partial charge >= 0.3 is 0 Å². The predicted molar refractivity (Wildman–Crippen MR) is 63.6 cm³/mol. The molecule has 1 aliphatic carbocycles. The molecule has 0 radical (unpaired) electrons. The molecule has 0 spiro atoms. The first-order valence-electron chi connectivity index (χ1n) is 6.06. The minimum atomic E-state index is -0.399. The summed E-state index contributed by atoms with van der Waals surface area (Å²) in [5, 5.41) is 0. The molecule has 0 heterocycles. The molecule has 2 nitrogen and oxygen atoms in total. The third-order valence-corrected chi connectivity index (χ3v) is 3.41. The number of carbonyl (C=O) groups excluding carboxylic acids is 1. The molecule has 1 aromatic carbocycles. The lowest BCUT2D eigenvalue weighted by atomic mass is 9.96. The monoisotopic (exact) mass is 236 g/mol. The number of carbonyl (C=O) groups is 1. The summed E-state index contributed by atoms with van der Waals surface area (Å²) in [5.74, 6) is 0.263. The average molecular weight is 236 g/mol. The maximum Gasteiger partial charge on any atom is 0.165 e. The average Bonchev–Trinajstić information content (AvgIpc) is 2.82. The molecule has 0 bridgehead atoms. The van der Waals surface area contributed by atoms with Gasteiger partial charge in [0.2, 0.25) is 0 Å². The molecule has 0 atom stereocenters. The minimum Gasteiger partial charge on any atom is -0.494 e. The summed E-state index contributed by atoms with van der Waals surface area (Å²) in [4.78, 5) is 11.9. The quantitative estimate of drug-likeness (QED) is 0.802. The number of benzene rings is 1. The van der Waals surface area contributed by atoms with Gasteiger partial charge in [-0.25, -0.2) is 4.39 Å². The number of rotatable bonds is 4. The van der Waals surface area contributed by atoms with Crippen molar-refractivity contribution < 1.29 is 13.9 Å². The first-order valence-corrected chi connectivity index (χ1v) is 6.06. The Morgan fingerprint density at radius 3 is 2.71 bits per heavy atom. The maximum absolute atomic E-state index is 13.4. The van der Waals surface area contributed by atoms with E-state index in [1.807, 2.05) is 0 Å². The van der Waals surface area contributed by atoms with Crippen LogP contribution in [0, 0.1) is 11.7 Å². The highest BCUT2D eigenvalue weighted by Gasteiger charge is 2.22. The first kappa shape index (κ1) is 12.1. The third kappa shape index (κ3) is 2.84. The number of hydrogen-bond acceptors (Lipinski definition) is 2. The molecule has 1 fully saturated rings. The summed E-state index contributed by atoms with van der Waals surface area (Å²) >= 11 is 0. The van der Waals surface area contributed by atoms with Gasteiger partial charge in [-0.15, -0.1) is 0 Å². The molecule has 2 rings (SSSR count). The molecule has 0 amide bonds. The van der Waals surface area contributed by atoms with Crippen molar-refractivity contribution in [3.05, 3.63) is 29.6 Å². The minimum absolute atomic E-state index is 0.195. The molecule has 17 heavy (non-hydrogen) atoms. The van der Waals surface area contributed by atoms with Crippen LogP contribution in [0.1, 0.15) is 31.2 Å². The van der Waals surface area contributed by atoms with Gasteiger partial charge in [-0.1, -0.05) is 18.9 Å². The molecule has 1 aromatic rings. The lowest BCUT2D eigenvalue weighted by Gasteiger charge is -2.08. The second-order valence-corrected chi connectivity index (χ2v) is 4.59. The fourth-order valence-electron chi connectivity index (χ4n) is 2.41. The second kappa shape index (κ2) is 5.30. The Morgan fingerprint density at radius 2 is 2.12 bits per heavy atom. The topological polar surface area (TPSA) is 26.3 Å². The van der Waals surface area contributed by atoms with E-state index in [0.29, 0.717) is 6.42 Å². The van der Waals surface area contributed by atoms with E-state index in [9.17, 15) is 9.18 Å². The van der Waals surface area contributed by atoms with E-state index in [-0.39, 0.29) is 17.5 Å². The number of hydrogen-bond donors (Lipinski definition) is 0. The van der Waals surface area contributed by atoms with Gasteiger partial charge in [0.25, 0.3) is 0 Å². The van der Waals surface area contributed by atoms with E-state index >= 15 is 0 Å². The molecule has 0 N–H and O–H groups in total. The molecular formula is C14H17FO2. The molecule has 0 aromatic heterocycles. The Kier molecular flexibility index (Phi) is 3.77. The van der Waals surface area contributed by atoms with Crippen LogP contribution < -0.4 is 4.74 Å². The summed E-state index contributed by atoms with van der Waals surface area (Å²) < 4.78 is 18.3. The van der Waals surface area contributed by atoms with Crippen molar-refractivity contribution in [2.24, 2.45) is 5.92 Å². The summed E-state index contributed by atoms with van der Waals surface area (Å²) in [6.07, 6.45) is 4.63. The molecule has 1 saturated carbocycles. The van der Waals surface area contributed by atoms with E-state index < -0.39 is 5.82 Å². The highest BCUT2D eigenvalue weighted by atomic mass is 19.1. The molecule has 0 saturated heterocycles. The zero-order valence-corrected chi connectivity index (χ0v) is 10.0. The third-order valence-electron chi connectivity index (χ3n) is 3.41. The van der Waals surface area contributed by atoms with Crippen molar-refractivity contribution in [1.82, 2.24) is 0 Å². The van der Waals surface area contributed by atoms with E-state index in [4.69, 9.17) is 4.74 Å². The SMILES string of the molecule is COc1ccc(CC(=O)C2CCCC2)cc1F. The molecule has 1 aliphatic rings. The first-order chi connectivity index (χ1) is 8.20. The van der Waals surface area contributed by atoms with Crippen LogP contribution in [0.5, 0.6) is 5.75 Å². The zero-order valence-electron chi connectivity index (χ0n) is 10.0. The normalized spacial score (nSPS) is 16.1.